The molecule has 2 N–H and O–H groups in total. The molecule has 4 rings (SSSR count). The summed E-state index contributed by atoms with van der Waals surface area (Å²) in [6.45, 7) is 2.14. The van der Waals surface area contributed by atoms with Crippen molar-refractivity contribution < 1.29 is 19.1 Å². The number of aromatic nitrogens is 1. The first-order valence-electron chi connectivity index (χ1n) is 11.9. The van der Waals surface area contributed by atoms with E-state index in [4.69, 9.17) is 9.47 Å². The van der Waals surface area contributed by atoms with Crippen LogP contribution in [0.3, 0.4) is 0 Å². The van der Waals surface area contributed by atoms with Crippen molar-refractivity contribution in [2.75, 3.05) is 20.3 Å². The topological polar surface area (TPSA) is 83.7 Å². The summed E-state index contributed by atoms with van der Waals surface area (Å²) >= 11 is 0. The molecule has 0 radical (unpaired) electrons. The van der Waals surface area contributed by atoms with Gasteiger partial charge in [0.25, 0.3) is 5.91 Å². The molecular formula is C29H31N3O4. The number of rotatable bonds is 11. The number of carbonyl (C=O) groups is 2. The van der Waals surface area contributed by atoms with Gasteiger partial charge in [0.1, 0.15) is 11.5 Å². The number of hydrogen-bond donors (Lipinski definition) is 2. The minimum Gasteiger partial charge on any atom is -0.496 e. The molecule has 0 bridgehead atoms. The minimum atomic E-state index is -0.324. The van der Waals surface area contributed by atoms with Gasteiger partial charge in [0.05, 0.1) is 13.2 Å². The quantitative estimate of drug-likeness (QED) is 0.331. The summed E-state index contributed by atoms with van der Waals surface area (Å²) in [4.78, 5) is 30.5. The highest BCUT2D eigenvalue weighted by molar-refractivity contribution is 5.83. The molecule has 1 heterocycles. The number of amides is 2. The lowest BCUT2D eigenvalue weighted by Crippen LogP contribution is -2.47. The Balaban J connectivity index is 1.52. The van der Waals surface area contributed by atoms with Crippen molar-refractivity contribution in [1.82, 2.24) is 15.2 Å². The fraction of sp³-hybridized carbons (Fsp3) is 0.241. The number of benzene rings is 3. The lowest BCUT2D eigenvalue weighted by Gasteiger charge is -2.28. The summed E-state index contributed by atoms with van der Waals surface area (Å²) in [7, 11) is 1.61. The van der Waals surface area contributed by atoms with Gasteiger partial charge in [0.2, 0.25) is 5.91 Å². The smallest absolute Gasteiger partial charge is 0.258 e. The van der Waals surface area contributed by atoms with Gasteiger partial charge in [-0.25, -0.2) is 0 Å². The summed E-state index contributed by atoms with van der Waals surface area (Å²) in [6.07, 6.45) is 2.51. The molecule has 186 valence electrons. The van der Waals surface area contributed by atoms with Gasteiger partial charge in [0, 0.05) is 42.7 Å². The number of carbonyl (C=O) groups excluding carboxylic acids is 2. The highest BCUT2D eigenvalue weighted by Gasteiger charge is 2.22. The van der Waals surface area contributed by atoms with Crippen LogP contribution in [-0.2, 0) is 22.6 Å². The molecule has 0 aliphatic rings. The van der Waals surface area contributed by atoms with Gasteiger partial charge in [-0.3, -0.25) is 9.59 Å². The van der Waals surface area contributed by atoms with E-state index in [9.17, 15) is 9.59 Å². The van der Waals surface area contributed by atoms with Crippen LogP contribution in [0.5, 0.6) is 11.5 Å². The zero-order chi connectivity index (χ0) is 25.3. The molecule has 0 aliphatic carbocycles. The molecule has 0 saturated heterocycles. The van der Waals surface area contributed by atoms with Crippen LogP contribution in [0.15, 0.2) is 85.1 Å². The maximum Gasteiger partial charge on any atom is 0.258 e. The monoisotopic (exact) mass is 485 g/mol. The highest BCUT2D eigenvalue weighted by atomic mass is 16.5. The summed E-state index contributed by atoms with van der Waals surface area (Å²) in [5.74, 6) is 1.02. The van der Waals surface area contributed by atoms with Crippen molar-refractivity contribution in [2.45, 2.75) is 25.9 Å². The van der Waals surface area contributed by atoms with Gasteiger partial charge in [-0.15, -0.1) is 0 Å². The third-order valence-electron chi connectivity index (χ3n) is 6.06. The van der Waals surface area contributed by atoms with Crippen molar-refractivity contribution in [3.63, 3.8) is 0 Å². The molecule has 0 fully saturated rings. The van der Waals surface area contributed by atoms with E-state index < -0.39 is 0 Å². The molecule has 0 spiro atoms. The van der Waals surface area contributed by atoms with E-state index in [-0.39, 0.29) is 24.5 Å². The van der Waals surface area contributed by atoms with Gasteiger partial charge >= 0.3 is 0 Å². The van der Waals surface area contributed by atoms with Crippen molar-refractivity contribution >= 4 is 22.7 Å². The SMILES string of the molecule is COc1ccccc1CN(C[C@@H](Cc1c[nH]c2ccccc12)NC(=O)COc1ccccc1)C(C)=O. The fourth-order valence-corrected chi connectivity index (χ4v) is 4.27. The lowest BCUT2D eigenvalue weighted by molar-refractivity contribution is -0.131. The molecule has 4 aromatic rings. The Hall–Kier alpha value is -4.26. The van der Waals surface area contributed by atoms with Crippen LogP contribution in [0.25, 0.3) is 10.9 Å². The summed E-state index contributed by atoms with van der Waals surface area (Å²) in [6, 6.07) is 24.6. The molecule has 1 atom stereocenters. The maximum absolute atomic E-state index is 12.9. The molecule has 0 unspecified atom stereocenters. The van der Waals surface area contributed by atoms with E-state index in [2.05, 4.69) is 16.4 Å². The summed E-state index contributed by atoms with van der Waals surface area (Å²) in [5.41, 5.74) is 3.00. The minimum absolute atomic E-state index is 0.0837. The lowest BCUT2D eigenvalue weighted by atomic mass is 10.0. The van der Waals surface area contributed by atoms with E-state index in [1.165, 1.54) is 0 Å². The van der Waals surface area contributed by atoms with Gasteiger partial charge in [-0.05, 0) is 36.2 Å². The van der Waals surface area contributed by atoms with Crippen LogP contribution >= 0.6 is 0 Å². The number of nitrogens with zero attached hydrogens (tertiary/aromatic N) is 1. The Labute approximate surface area is 211 Å². The Morgan fingerprint density at radius 3 is 2.44 bits per heavy atom. The Bertz CT molecular complexity index is 1300. The molecule has 3 aromatic carbocycles. The Morgan fingerprint density at radius 2 is 1.67 bits per heavy atom. The molecular weight excluding hydrogens is 454 g/mol. The molecule has 0 aliphatic heterocycles. The Kier molecular flexibility index (Phi) is 8.24. The zero-order valence-corrected chi connectivity index (χ0v) is 20.6. The second kappa shape index (κ2) is 11.9. The number of methoxy groups -OCH3 is 1. The second-order valence-corrected chi connectivity index (χ2v) is 8.64. The number of aromatic amines is 1. The average molecular weight is 486 g/mol. The van der Waals surface area contributed by atoms with Crippen LogP contribution < -0.4 is 14.8 Å². The normalized spacial score (nSPS) is 11.6. The number of H-pyrrole nitrogens is 1. The van der Waals surface area contributed by atoms with Crippen LogP contribution in [0.4, 0.5) is 0 Å². The first-order valence-corrected chi connectivity index (χ1v) is 11.9. The second-order valence-electron chi connectivity index (χ2n) is 8.64. The van der Waals surface area contributed by atoms with E-state index in [1.54, 1.807) is 31.1 Å². The van der Waals surface area contributed by atoms with Gasteiger partial charge < -0.3 is 24.7 Å². The highest BCUT2D eigenvalue weighted by Crippen LogP contribution is 2.22. The molecule has 36 heavy (non-hydrogen) atoms. The van der Waals surface area contributed by atoms with Crippen LogP contribution in [0.2, 0.25) is 0 Å². The molecule has 7 heteroatoms. The van der Waals surface area contributed by atoms with Crippen molar-refractivity contribution in [1.29, 1.82) is 0 Å². The Morgan fingerprint density at radius 1 is 0.944 bits per heavy atom. The fourth-order valence-electron chi connectivity index (χ4n) is 4.27. The number of ether oxygens (including phenoxy) is 2. The third kappa shape index (κ3) is 6.44. The zero-order valence-electron chi connectivity index (χ0n) is 20.6. The van der Waals surface area contributed by atoms with Gasteiger partial charge in [0.15, 0.2) is 6.61 Å². The van der Waals surface area contributed by atoms with E-state index >= 15 is 0 Å². The third-order valence-corrected chi connectivity index (χ3v) is 6.06. The predicted molar refractivity (Wildman–Crippen MR) is 140 cm³/mol. The van der Waals surface area contributed by atoms with Crippen molar-refractivity contribution in [3.05, 3.63) is 96.2 Å². The first kappa shape index (κ1) is 24.9. The average Bonchev–Trinajstić information content (AvgIpc) is 3.30. The molecule has 2 amide bonds. The van der Waals surface area contributed by atoms with Crippen molar-refractivity contribution in [2.24, 2.45) is 0 Å². The number of hydrogen-bond acceptors (Lipinski definition) is 4. The predicted octanol–water partition coefficient (Wildman–Crippen LogP) is 4.33. The molecule has 7 nitrogen and oxygen atoms in total. The maximum atomic E-state index is 12.9. The number of fused-ring (bicyclic) bond motifs is 1. The molecule has 1 aromatic heterocycles. The van der Waals surface area contributed by atoms with Crippen LogP contribution in [0, 0.1) is 0 Å². The first-order chi connectivity index (χ1) is 17.5. The van der Waals surface area contributed by atoms with E-state index in [0.717, 1.165) is 27.8 Å². The van der Waals surface area contributed by atoms with Crippen molar-refractivity contribution in [3.8, 4) is 11.5 Å². The van der Waals surface area contributed by atoms with Crippen LogP contribution in [0.1, 0.15) is 18.1 Å². The van der Waals surface area contributed by atoms with Gasteiger partial charge in [-0.2, -0.15) is 0 Å². The van der Waals surface area contributed by atoms with E-state index in [1.807, 2.05) is 66.9 Å². The number of nitrogens with one attached hydrogen (secondary N) is 2. The standard InChI is InChI=1S/C29H31N3O4/c1-21(33)32(18-22-10-6-9-15-28(22)35-2)19-24(16-23-17-30-27-14-8-7-13-26(23)27)31-29(34)20-36-25-11-4-3-5-12-25/h3-15,17,24,30H,16,18-20H2,1-2H3,(H,31,34)/t24-/m1/s1. The largest absolute Gasteiger partial charge is 0.496 e. The van der Waals surface area contributed by atoms with Crippen LogP contribution in [-0.4, -0.2) is 48.0 Å². The van der Waals surface area contributed by atoms with E-state index in [0.29, 0.717) is 25.3 Å². The molecule has 0 saturated carbocycles. The number of para-hydroxylation sites is 3. The van der Waals surface area contributed by atoms with Gasteiger partial charge in [-0.1, -0.05) is 54.6 Å². The summed E-state index contributed by atoms with van der Waals surface area (Å²) < 4.78 is 11.1. The summed E-state index contributed by atoms with van der Waals surface area (Å²) in [5, 5.41) is 4.18.